The minimum Gasteiger partial charge on any atom is -0.508 e. The maximum Gasteiger partial charge on any atom is 0.410 e. The van der Waals surface area contributed by atoms with E-state index in [-0.39, 0.29) is 24.7 Å². The van der Waals surface area contributed by atoms with E-state index >= 15 is 0 Å². The van der Waals surface area contributed by atoms with Crippen LogP contribution in [0.4, 0.5) is 9.59 Å². The van der Waals surface area contributed by atoms with Gasteiger partial charge >= 0.3 is 12.2 Å². The third kappa shape index (κ3) is 8.41. The number of carbonyl (C=O) groups is 3. The van der Waals surface area contributed by atoms with Gasteiger partial charge in [0.1, 0.15) is 24.0 Å². The fourth-order valence-electron chi connectivity index (χ4n) is 4.05. The molecule has 1 aliphatic heterocycles. The first-order valence-corrected chi connectivity index (χ1v) is 12.5. The van der Waals surface area contributed by atoms with E-state index in [1.54, 1.807) is 61.9 Å². The van der Waals surface area contributed by atoms with Crippen LogP contribution in [0.5, 0.6) is 5.75 Å². The highest BCUT2D eigenvalue weighted by molar-refractivity contribution is 5.86. The molecule has 1 aliphatic rings. The molecule has 3 rings (SSSR count). The summed E-state index contributed by atoms with van der Waals surface area (Å²) in [6, 6.07) is 15.2. The molecule has 0 aromatic heterocycles. The molecule has 3 amide bonds. The average Bonchev–Trinajstić information content (AvgIpc) is 3.12. The standard InChI is InChI=1S/C28H37N3O6/c1-28(2,3)37-26(34)29(4)24(19-21-11-13-23(32)14-12-21)25(33)30-15-8-16-31(18-17-30)27(35)36-20-22-9-6-5-7-10-22/h5-7,9-14,24,32H,8,15-20H2,1-4H3/t24-/m0/s1. The van der Waals surface area contributed by atoms with E-state index in [1.165, 1.54) is 4.90 Å². The Bertz CT molecular complexity index is 1050. The lowest BCUT2D eigenvalue weighted by Gasteiger charge is -2.33. The molecule has 2 aromatic rings. The molecule has 0 spiro atoms. The van der Waals surface area contributed by atoms with Crippen LogP contribution in [0.2, 0.25) is 0 Å². The zero-order valence-electron chi connectivity index (χ0n) is 22.1. The highest BCUT2D eigenvalue weighted by Crippen LogP contribution is 2.19. The van der Waals surface area contributed by atoms with Crippen molar-refractivity contribution in [2.45, 2.75) is 51.9 Å². The molecule has 9 nitrogen and oxygen atoms in total. The normalized spacial score (nSPS) is 14.9. The smallest absolute Gasteiger partial charge is 0.410 e. The summed E-state index contributed by atoms with van der Waals surface area (Å²) in [7, 11) is 1.56. The third-order valence-corrected chi connectivity index (χ3v) is 6.07. The third-order valence-electron chi connectivity index (χ3n) is 6.07. The number of rotatable bonds is 6. The van der Waals surface area contributed by atoms with E-state index in [0.717, 1.165) is 11.1 Å². The van der Waals surface area contributed by atoms with Gasteiger partial charge in [-0.05, 0) is 50.5 Å². The van der Waals surface area contributed by atoms with Crippen molar-refractivity contribution in [3.8, 4) is 5.75 Å². The zero-order valence-corrected chi connectivity index (χ0v) is 22.1. The van der Waals surface area contributed by atoms with Crippen molar-refractivity contribution in [2.75, 3.05) is 33.2 Å². The van der Waals surface area contributed by atoms with E-state index in [0.29, 0.717) is 32.6 Å². The van der Waals surface area contributed by atoms with Gasteiger partial charge in [-0.1, -0.05) is 42.5 Å². The number of hydrogen-bond acceptors (Lipinski definition) is 6. The SMILES string of the molecule is CN(C(=O)OC(C)(C)C)[C@@H](Cc1ccc(O)cc1)C(=O)N1CCCN(C(=O)OCc2ccccc2)CC1. The fourth-order valence-corrected chi connectivity index (χ4v) is 4.05. The van der Waals surface area contributed by atoms with Gasteiger partial charge in [-0.2, -0.15) is 0 Å². The summed E-state index contributed by atoms with van der Waals surface area (Å²) in [5.41, 5.74) is 0.998. The van der Waals surface area contributed by atoms with Crippen LogP contribution in [-0.2, 0) is 27.3 Å². The van der Waals surface area contributed by atoms with Gasteiger partial charge in [0, 0.05) is 39.6 Å². The first-order valence-electron chi connectivity index (χ1n) is 12.5. The molecule has 1 heterocycles. The fraction of sp³-hybridized carbons (Fsp3) is 0.464. The lowest BCUT2D eigenvalue weighted by atomic mass is 10.0. The first kappa shape index (κ1) is 27.8. The summed E-state index contributed by atoms with van der Waals surface area (Å²) in [5.74, 6) is -0.0974. The Labute approximate surface area is 218 Å². The quantitative estimate of drug-likeness (QED) is 0.628. The van der Waals surface area contributed by atoms with Crippen molar-refractivity contribution in [3.63, 3.8) is 0 Å². The number of carbonyl (C=O) groups excluding carboxylic acids is 3. The van der Waals surface area contributed by atoms with Crippen molar-refractivity contribution in [1.82, 2.24) is 14.7 Å². The number of aromatic hydroxyl groups is 1. The molecule has 9 heteroatoms. The summed E-state index contributed by atoms with van der Waals surface area (Å²) < 4.78 is 11.0. The Morgan fingerprint density at radius 2 is 1.54 bits per heavy atom. The monoisotopic (exact) mass is 511 g/mol. The van der Waals surface area contributed by atoms with Crippen LogP contribution in [0.25, 0.3) is 0 Å². The molecule has 0 bridgehead atoms. The van der Waals surface area contributed by atoms with E-state index in [4.69, 9.17) is 9.47 Å². The molecule has 2 aromatic carbocycles. The number of phenolic OH excluding ortho intramolecular Hbond substituents is 1. The molecular weight excluding hydrogens is 474 g/mol. The highest BCUT2D eigenvalue weighted by Gasteiger charge is 2.34. The number of hydrogen-bond donors (Lipinski definition) is 1. The van der Waals surface area contributed by atoms with Crippen molar-refractivity contribution in [3.05, 3.63) is 65.7 Å². The van der Waals surface area contributed by atoms with Gasteiger partial charge < -0.3 is 24.4 Å². The van der Waals surface area contributed by atoms with Gasteiger partial charge in [0.2, 0.25) is 5.91 Å². The molecule has 1 N–H and O–H groups in total. The Kier molecular flexibility index (Phi) is 9.38. The molecule has 0 radical (unpaired) electrons. The average molecular weight is 512 g/mol. The van der Waals surface area contributed by atoms with Gasteiger partial charge in [0.25, 0.3) is 0 Å². The molecule has 0 unspecified atom stereocenters. The van der Waals surface area contributed by atoms with Crippen LogP contribution in [0.1, 0.15) is 38.3 Å². The van der Waals surface area contributed by atoms with Crippen molar-refractivity contribution in [2.24, 2.45) is 0 Å². The number of nitrogens with zero attached hydrogens (tertiary/aromatic N) is 3. The summed E-state index contributed by atoms with van der Waals surface area (Å²) in [6.07, 6.45) is -0.155. The number of amides is 3. The van der Waals surface area contributed by atoms with Gasteiger partial charge in [0.05, 0.1) is 0 Å². The number of likely N-dealkylation sites (N-methyl/N-ethyl adjacent to an activating group) is 1. The Balaban J connectivity index is 1.67. The predicted octanol–water partition coefficient (Wildman–Crippen LogP) is 4.04. The minimum atomic E-state index is -0.809. The van der Waals surface area contributed by atoms with Crippen molar-refractivity contribution >= 4 is 18.1 Å². The molecule has 200 valence electrons. The van der Waals surface area contributed by atoms with Gasteiger partial charge in [-0.15, -0.1) is 0 Å². The molecule has 1 saturated heterocycles. The van der Waals surface area contributed by atoms with E-state index < -0.39 is 23.8 Å². The van der Waals surface area contributed by atoms with E-state index in [2.05, 4.69) is 0 Å². The molecule has 0 aliphatic carbocycles. The first-order chi connectivity index (χ1) is 17.5. The highest BCUT2D eigenvalue weighted by atomic mass is 16.6. The van der Waals surface area contributed by atoms with Crippen molar-refractivity contribution in [1.29, 1.82) is 0 Å². The molecular formula is C28H37N3O6. The van der Waals surface area contributed by atoms with Crippen molar-refractivity contribution < 1.29 is 29.0 Å². The second-order valence-electron chi connectivity index (χ2n) is 10.2. The summed E-state index contributed by atoms with van der Waals surface area (Å²) in [4.78, 5) is 43.8. The Morgan fingerprint density at radius 1 is 0.919 bits per heavy atom. The van der Waals surface area contributed by atoms with Gasteiger partial charge in [-0.3, -0.25) is 9.69 Å². The maximum atomic E-state index is 13.7. The van der Waals surface area contributed by atoms with E-state index in [9.17, 15) is 19.5 Å². The summed E-state index contributed by atoms with van der Waals surface area (Å²) in [6.45, 7) is 7.10. The van der Waals surface area contributed by atoms with Crippen LogP contribution in [-0.4, -0.2) is 82.8 Å². The molecule has 0 saturated carbocycles. The number of benzene rings is 2. The molecule has 1 fully saturated rings. The predicted molar refractivity (Wildman–Crippen MR) is 139 cm³/mol. The molecule has 1 atom stereocenters. The lowest BCUT2D eigenvalue weighted by Crippen LogP contribution is -2.52. The van der Waals surface area contributed by atoms with Gasteiger partial charge in [0.15, 0.2) is 0 Å². The number of phenols is 1. The second kappa shape index (κ2) is 12.5. The second-order valence-corrected chi connectivity index (χ2v) is 10.2. The largest absolute Gasteiger partial charge is 0.508 e. The zero-order chi connectivity index (χ0) is 27.0. The number of ether oxygens (including phenoxy) is 2. The summed E-state index contributed by atoms with van der Waals surface area (Å²) in [5, 5.41) is 9.63. The minimum absolute atomic E-state index is 0.124. The Morgan fingerprint density at radius 3 is 2.19 bits per heavy atom. The summed E-state index contributed by atoms with van der Waals surface area (Å²) >= 11 is 0. The lowest BCUT2D eigenvalue weighted by molar-refractivity contribution is -0.136. The van der Waals surface area contributed by atoms with Gasteiger partial charge in [-0.25, -0.2) is 9.59 Å². The van der Waals surface area contributed by atoms with Crippen LogP contribution >= 0.6 is 0 Å². The maximum absolute atomic E-state index is 13.7. The van der Waals surface area contributed by atoms with Crippen LogP contribution < -0.4 is 0 Å². The van der Waals surface area contributed by atoms with Crippen LogP contribution in [0, 0.1) is 0 Å². The molecule has 37 heavy (non-hydrogen) atoms. The van der Waals surface area contributed by atoms with E-state index in [1.807, 2.05) is 30.3 Å². The van der Waals surface area contributed by atoms with Crippen LogP contribution in [0.3, 0.4) is 0 Å². The van der Waals surface area contributed by atoms with Crippen LogP contribution in [0.15, 0.2) is 54.6 Å². The Hall–Kier alpha value is -3.75. The topological polar surface area (TPSA) is 99.6 Å².